The lowest BCUT2D eigenvalue weighted by Crippen LogP contribution is -2.00. The Morgan fingerprint density at radius 1 is 0.636 bits per heavy atom. The number of aromatic nitrogens is 1. The maximum atomic E-state index is 5.99. The van der Waals surface area contributed by atoms with Crippen molar-refractivity contribution in [3.63, 3.8) is 0 Å². The van der Waals surface area contributed by atoms with E-state index < -0.39 is 0 Å². The van der Waals surface area contributed by atoms with Crippen molar-refractivity contribution in [2.45, 2.75) is 19.8 Å². The van der Waals surface area contributed by atoms with Gasteiger partial charge in [-0.1, -0.05) is 72.8 Å². The van der Waals surface area contributed by atoms with E-state index in [4.69, 9.17) is 9.47 Å². The minimum absolute atomic E-state index is 0.547. The van der Waals surface area contributed by atoms with Gasteiger partial charge in [0.1, 0.15) is 30.5 Å². The minimum Gasteiger partial charge on any atom is -0.489 e. The van der Waals surface area contributed by atoms with Crippen molar-refractivity contribution in [2.24, 2.45) is 0 Å². The van der Waals surface area contributed by atoms with Crippen LogP contribution in [0.5, 0.6) is 11.5 Å². The molecule has 1 N–H and O–H groups in total. The van der Waals surface area contributed by atoms with E-state index in [2.05, 4.69) is 58.2 Å². The lowest BCUT2D eigenvalue weighted by Gasteiger charge is -2.09. The molecule has 1 heterocycles. The zero-order valence-corrected chi connectivity index (χ0v) is 18.9. The molecule has 0 aliphatic rings. The Bertz CT molecular complexity index is 1300. The van der Waals surface area contributed by atoms with Gasteiger partial charge in [-0.05, 0) is 58.6 Å². The Morgan fingerprint density at radius 3 is 1.91 bits per heavy atom. The highest BCUT2D eigenvalue weighted by Gasteiger charge is 2.08. The van der Waals surface area contributed by atoms with Gasteiger partial charge in [-0.15, -0.1) is 0 Å². The van der Waals surface area contributed by atoms with Gasteiger partial charge in [0.25, 0.3) is 0 Å². The second-order valence-corrected chi connectivity index (χ2v) is 8.54. The summed E-state index contributed by atoms with van der Waals surface area (Å²) in [6.45, 7) is 1.80. The average molecular weight is 453 g/mol. The number of nitrogens with zero attached hydrogens (tertiary/aromatic N) is 1. The first-order valence-corrected chi connectivity index (χ1v) is 11.7. The van der Waals surface area contributed by atoms with E-state index in [1.807, 2.05) is 54.6 Å². The lowest BCUT2D eigenvalue weighted by atomic mass is 10.2. The predicted octanol–water partition coefficient (Wildman–Crippen LogP) is 7.07. The first-order chi connectivity index (χ1) is 16.3. The highest BCUT2D eigenvalue weighted by Crippen LogP contribution is 2.31. The molecule has 0 radical (unpaired) electrons. The molecule has 0 spiro atoms. The molecule has 0 bridgehead atoms. The third-order valence-corrected chi connectivity index (χ3v) is 6.15. The van der Waals surface area contributed by atoms with Crippen LogP contribution in [0.1, 0.15) is 16.7 Å². The highest BCUT2D eigenvalue weighted by molar-refractivity contribution is 7.13. The fraction of sp³-hybridized carbons (Fsp3) is 0.107. The Hall–Kier alpha value is -3.83. The standard InChI is InChI=1S/C28H24N2O2S/c1-3-7-22(8-4-1)19-31-24-13-11-21(12-14-24)18-29-28-26-17-25(15-16-27(26)33-30-28)32-20-23-9-5-2-6-10-23/h1-17H,18-20H2,(H,29,30). The van der Waals surface area contributed by atoms with Crippen LogP contribution in [0.25, 0.3) is 10.1 Å². The second-order valence-electron chi connectivity index (χ2n) is 7.74. The molecule has 0 saturated heterocycles. The minimum atomic E-state index is 0.547. The van der Waals surface area contributed by atoms with Crippen LogP contribution in [0, 0.1) is 0 Å². The van der Waals surface area contributed by atoms with Crippen molar-refractivity contribution in [1.82, 2.24) is 4.37 Å². The predicted molar refractivity (Wildman–Crippen MR) is 135 cm³/mol. The van der Waals surface area contributed by atoms with Crippen LogP contribution < -0.4 is 14.8 Å². The summed E-state index contributed by atoms with van der Waals surface area (Å²) >= 11 is 1.49. The smallest absolute Gasteiger partial charge is 0.147 e. The summed E-state index contributed by atoms with van der Waals surface area (Å²) in [4.78, 5) is 0. The molecule has 0 fully saturated rings. The monoisotopic (exact) mass is 452 g/mol. The van der Waals surface area contributed by atoms with Crippen LogP contribution in [0.3, 0.4) is 0 Å². The summed E-state index contributed by atoms with van der Waals surface area (Å²) in [5.41, 5.74) is 3.47. The zero-order valence-electron chi connectivity index (χ0n) is 18.1. The maximum absolute atomic E-state index is 5.99. The number of anilines is 1. The van der Waals surface area contributed by atoms with Crippen LogP contribution in [0.15, 0.2) is 103 Å². The fourth-order valence-corrected chi connectivity index (χ4v) is 4.24. The molecule has 0 atom stereocenters. The molecule has 0 aliphatic heterocycles. The maximum Gasteiger partial charge on any atom is 0.147 e. The van der Waals surface area contributed by atoms with Crippen LogP contribution in [0.2, 0.25) is 0 Å². The van der Waals surface area contributed by atoms with E-state index in [9.17, 15) is 0 Å². The van der Waals surface area contributed by atoms with Gasteiger partial charge < -0.3 is 14.8 Å². The largest absolute Gasteiger partial charge is 0.489 e. The van der Waals surface area contributed by atoms with Crippen molar-refractivity contribution in [2.75, 3.05) is 5.32 Å². The molecule has 4 aromatic carbocycles. The third-order valence-electron chi connectivity index (χ3n) is 5.32. The molecular weight excluding hydrogens is 428 g/mol. The Kier molecular flexibility index (Phi) is 6.50. The molecule has 5 aromatic rings. The van der Waals surface area contributed by atoms with E-state index in [1.165, 1.54) is 17.1 Å². The Labute approximate surface area is 197 Å². The molecule has 0 unspecified atom stereocenters. The highest BCUT2D eigenvalue weighted by atomic mass is 32.1. The van der Waals surface area contributed by atoms with Crippen LogP contribution in [-0.4, -0.2) is 4.37 Å². The van der Waals surface area contributed by atoms with Crippen LogP contribution in [-0.2, 0) is 19.8 Å². The van der Waals surface area contributed by atoms with Crippen molar-refractivity contribution in [3.05, 3.63) is 120 Å². The zero-order chi connectivity index (χ0) is 22.3. The van der Waals surface area contributed by atoms with Gasteiger partial charge in [-0.25, -0.2) is 0 Å². The van der Waals surface area contributed by atoms with Gasteiger partial charge in [0.05, 0.1) is 4.70 Å². The number of hydrogen-bond donors (Lipinski definition) is 1. The number of hydrogen-bond acceptors (Lipinski definition) is 5. The summed E-state index contributed by atoms with van der Waals surface area (Å²) in [6.07, 6.45) is 0. The normalized spacial score (nSPS) is 10.8. The SMILES string of the molecule is c1ccc(COc2ccc(CNc3nsc4ccc(OCc5ccccc5)cc34)cc2)cc1. The third kappa shape index (κ3) is 5.51. The molecular formula is C28H24N2O2S. The van der Waals surface area contributed by atoms with E-state index in [-0.39, 0.29) is 0 Å². The van der Waals surface area contributed by atoms with E-state index >= 15 is 0 Å². The van der Waals surface area contributed by atoms with Crippen LogP contribution >= 0.6 is 11.5 Å². The van der Waals surface area contributed by atoms with Crippen molar-refractivity contribution >= 4 is 27.4 Å². The van der Waals surface area contributed by atoms with E-state index in [0.29, 0.717) is 19.8 Å². The number of fused-ring (bicyclic) bond motifs is 1. The molecule has 0 saturated carbocycles. The second kappa shape index (κ2) is 10.2. The molecule has 5 rings (SSSR count). The number of ether oxygens (including phenoxy) is 2. The fourth-order valence-electron chi connectivity index (χ4n) is 3.51. The molecule has 5 heteroatoms. The first kappa shape index (κ1) is 21.0. The average Bonchev–Trinajstić information content (AvgIpc) is 3.29. The quantitative estimate of drug-likeness (QED) is 0.260. The number of nitrogens with one attached hydrogen (secondary N) is 1. The van der Waals surface area contributed by atoms with Gasteiger partial charge in [-0.2, -0.15) is 4.37 Å². The summed E-state index contributed by atoms with van der Waals surface area (Å²) in [5.74, 6) is 2.58. The summed E-state index contributed by atoms with van der Waals surface area (Å²) in [5, 5.41) is 4.54. The van der Waals surface area contributed by atoms with Crippen molar-refractivity contribution in [3.8, 4) is 11.5 Å². The molecule has 1 aromatic heterocycles. The van der Waals surface area contributed by atoms with Gasteiger partial charge in [0.15, 0.2) is 0 Å². The Morgan fingerprint density at radius 2 is 1.24 bits per heavy atom. The molecule has 164 valence electrons. The Balaban J connectivity index is 1.19. The molecule has 0 aliphatic carbocycles. The molecule has 0 amide bonds. The van der Waals surface area contributed by atoms with Crippen molar-refractivity contribution in [1.29, 1.82) is 0 Å². The first-order valence-electron chi connectivity index (χ1n) is 10.9. The van der Waals surface area contributed by atoms with Gasteiger partial charge in [-0.3, -0.25) is 0 Å². The van der Waals surface area contributed by atoms with Crippen molar-refractivity contribution < 1.29 is 9.47 Å². The van der Waals surface area contributed by atoms with Crippen LogP contribution in [0.4, 0.5) is 5.82 Å². The number of benzene rings is 4. The van der Waals surface area contributed by atoms with E-state index in [1.54, 1.807) is 0 Å². The summed E-state index contributed by atoms with van der Waals surface area (Å²) in [6, 6.07) is 34.7. The van der Waals surface area contributed by atoms with E-state index in [0.717, 1.165) is 38.5 Å². The number of rotatable bonds is 9. The molecule has 4 nitrogen and oxygen atoms in total. The lowest BCUT2D eigenvalue weighted by molar-refractivity contribution is 0.306. The summed E-state index contributed by atoms with van der Waals surface area (Å²) in [7, 11) is 0. The van der Waals surface area contributed by atoms with Gasteiger partial charge in [0, 0.05) is 11.9 Å². The topological polar surface area (TPSA) is 43.4 Å². The van der Waals surface area contributed by atoms with Gasteiger partial charge in [0.2, 0.25) is 0 Å². The summed E-state index contributed by atoms with van der Waals surface area (Å²) < 4.78 is 17.6. The molecule has 33 heavy (non-hydrogen) atoms. The van der Waals surface area contributed by atoms with Gasteiger partial charge >= 0.3 is 0 Å².